The van der Waals surface area contributed by atoms with E-state index in [-0.39, 0.29) is 17.6 Å². The van der Waals surface area contributed by atoms with Gasteiger partial charge in [-0.25, -0.2) is 0 Å². The van der Waals surface area contributed by atoms with Crippen LogP contribution in [-0.4, -0.2) is 31.3 Å². The number of rotatable bonds is 9. The van der Waals surface area contributed by atoms with Crippen LogP contribution in [0.15, 0.2) is 24.3 Å². The predicted octanol–water partition coefficient (Wildman–Crippen LogP) is 3.14. The quantitative estimate of drug-likeness (QED) is 0.555. The molecule has 1 aromatic carbocycles. The van der Waals surface area contributed by atoms with Crippen LogP contribution in [0.4, 0.5) is 18.9 Å². The minimum absolute atomic E-state index is 0.276. The Morgan fingerprint density at radius 2 is 1.75 bits per heavy atom. The Hall–Kier alpha value is -2.45. The molecule has 2 rings (SSSR count). The fourth-order valence-electron chi connectivity index (χ4n) is 3.31. The molecule has 28 heavy (non-hydrogen) atoms. The third-order valence-corrected chi connectivity index (χ3v) is 4.85. The summed E-state index contributed by atoms with van der Waals surface area (Å²) in [7, 11) is 0. The van der Waals surface area contributed by atoms with Crippen molar-refractivity contribution in [3.8, 4) is 5.75 Å². The van der Waals surface area contributed by atoms with Gasteiger partial charge < -0.3 is 21.1 Å². The molecular weight excluding hydrogens is 375 g/mol. The van der Waals surface area contributed by atoms with E-state index in [1.807, 2.05) is 0 Å². The highest BCUT2D eigenvalue weighted by Crippen LogP contribution is 2.39. The van der Waals surface area contributed by atoms with E-state index >= 15 is 0 Å². The van der Waals surface area contributed by atoms with Crippen molar-refractivity contribution < 1.29 is 27.5 Å². The number of carbonyl (C=O) groups is 2. The average molecular weight is 400 g/mol. The third kappa shape index (κ3) is 6.94. The van der Waals surface area contributed by atoms with Crippen molar-refractivity contribution in [1.29, 1.82) is 0 Å². The fraction of sp³-hybridized carbons (Fsp3) is 0.526. The third-order valence-electron chi connectivity index (χ3n) is 4.85. The monoisotopic (exact) mass is 400 g/mol. The average Bonchev–Trinajstić information content (AvgIpc) is 2.64. The van der Waals surface area contributed by atoms with E-state index in [2.05, 4.69) is 15.4 Å². The zero-order valence-electron chi connectivity index (χ0n) is 15.5. The molecule has 1 aliphatic carbocycles. The first-order chi connectivity index (χ1) is 13.2. The van der Waals surface area contributed by atoms with Crippen molar-refractivity contribution in [2.45, 2.75) is 44.9 Å². The van der Waals surface area contributed by atoms with Gasteiger partial charge in [0, 0.05) is 24.2 Å². The van der Waals surface area contributed by atoms with Gasteiger partial charge in [-0.2, -0.15) is 0 Å². The molecule has 0 heterocycles. The number of nitrogens with one attached hydrogen (secondary N) is 2. The van der Waals surface area contributed by atoms with Crippen LogP contribution in [0, 0.1) is 11.8 Å². The molecule has 6 nitrogen and oxygen atoms in total. The Kier molecular flexibility index (Phi) is 7.53. The maximum absolute atomic E-state index is 12.1. The second-order valence-corrected chi connectivity index (χ2v) is 6.90. The first-order valence-electron chi connectivity index (χ1n) is 9.21. The maximum Gasteiger partial charge on any atom is 0.573 e. The van der Waals surface area contributed by atoms with Crippen molar-refractivity contribution in [2.24, 2.45) is 11.1 Å². The van der Waals surface area contributed by atoms with Gasteiger partial charge >= 0.3 is 6.36 Å². The normalized spacial score (nSPS) is 16.2. The number of nitrogens with two attached hydrogens (primary N) is 1. The SMILES string of the molecule is NC(=O)C1(C[CH]C(=O)NCCNc2ccc(OC(F)(F)F)cc2)CCCCC1. The molecule has 0 aromatic heterocycles. The van der Waals surface area contributed by atoms with Crippen LogP contribution in [-0.2, 0) is 9.59 Å². The van der Waals surface area contributed by atoms with Gasteiger partial charge in [-0.15, -0.1) is 13.2 Å². The number of ether oxygens (including phenoxy) is 1. The summed E-state index contributed by atoms with van der Waals surface area (Å²) in [5, 5.41) is 5.69. The van der Waals surface area contributed by atoms with Crippen LogP contribution in [0.1, 0.15) is 38.5 Å². The largest absolute Gasteiger partial charge is 0.573 e. The van der Waals surface area contributed by atoms with Gasteiger partial charge in [0.05, 0.1) is 6.42 Å². The lowest BCUT2D eigenvalue weighted by molar-refractivity contribution is -0.274. The van der Waals surface area contributed by atoms with Crippen LogP contribution in [0.2, 0.25) is 0 Å². The number of primary amides is 1. The van der Waals surface area contributed by atoms with Crippen molar-refractivity contribution in [2.75, 3.05) is 18.4 Å². The second-order valence-electron chi connectivity index (χ2n) is 6.90. The Balaban J connectivity index is 1.67. The summed E-state index contributed by atoms with van der Waals surface area (Å²) in [4.78, 5) is 23.8. The lowest BCUT2D eigenvalue weighted by Crippen LogP contribution is -2.40. The molecule has 1 aliphatic rings. The second kappa shape index (κ2) is 9.66. The topological polar surface area (TPSA) is 93.5 Å². The van der Waals surface area contributed by atoms with Crippen LogP contribution in [0.25, 0.3) is 0 Å². The molecule has 0 atom stereocenters. The smallest absolute Gasteiger partial charge is 0.406 e. The van der Waals surface area contributed by atoms with Gasteiger partial charge in [0.15, 0.2) is 0 Å². The summed E-state index contributed by atoms with van der Waals surface area (Å²) in [6.07, 6.45) is 1.46. The fourth-order valence-corrected chi connectivity index (χ4v) is 3.31. The Morgan fingerprint density at radius 1 is 1.11 bits per heavy atom. The molecule has 1 radical (unpaired) electrons. The molecule has 0 saturated heterocycles. The van der Waals surface area contributed by atoms with Crippen molar-refractivity contribution in [1.82, 2.24) is 5.32 Å². The predicted molar refractivity (Wildman–Crippen MR) is 98.3 cm³/mol. The van der Waals surface area contributed by atoms with Gasteiger partial charge in [-0.05, 0) is 43.5 Å². The molecule has 1 aromatic rings. The van der Waals surface area contributed by atoms with Crippen LogP contribution < -0.4 is 21.1 Å². The molecule has 9 heteroatoms. The molecular formula is C19H25F3N3O3. The number of hydrogen-bond donors (Lipinski definition) is 3. The Morgan fingerprint density at radius 3 is 2.32 bits per heavy atom. The van der Waals surface area contributed by atoms with E-state index in [1.54, 1.807) is 0 Å². The van der Waals surface area contributed by atoms with Crippen LogP contribution >= 0.6 is 0 Å². The van der Waals surface area contributed by atoms with E-state index in [1.165, 1.54) is 30.7 Å². The van der Waals surface area contributed by atoms with Gasteiger partial charge in [0.2, 0.25) is 11.8 Å². The molecule has 4 N–H and O–H groups in total. The van der Waals surface area contributed by atoms with E-state index in [0.717, 1.165) is 19.3 Å². The van der Waals surface area contributed by atoms with Gasteiger partial charge in [0.25, 0.3) is 0 Å². The summed E-state index contributed by atoms with van der Waals surface area (Å²) in [5.74, 6) is -0.926. The molecule has 155 valence electrons. The van der Waals surface area contributed by atoms with Gasteiger partial charge in [-0.1, -0.05) is 19.3 Å². The molecule has 0 spiro atoms. The zero-order chi connectivity index (χ0) is 20.6. The number of hydrogen-bond acceptors (Lipinski definition) is 4. The van der Waals surface area contributed by atoms with E-state index < -0.39 is 11.8 Å². The van der Waals surface area contributed by atoms with Crippen LogP contribution in [0.3, 0.4) is 0 Å². The summed E-state index contributed by atoms with van der Waals surface area (Å²) in [5.41, 5.74) is 5.53. The minimum atomic E-state index is -4.72. The zero-order valence-corrected chi connectivity index (χ0v) is 15.5. The summed E-state index contributed by atoms with van der Waals surface area (Å²) in [6, 6.07) is 5.31. The first-order valence-corrected chi connectivity index (χ1v) is 9.21. The summed E-state index contributed by atoms with van der Waals surface area (Å²) >= 11 is 0. The lowest BCUT2D eigenvalue weighted by Gasteiger charge is -2.34. The highest BCUT2D eigenvalue weighted by molar-refractivity contribution is 5.87. The summed E-state index contributed by atoms with van der Waals surface area (Å²) in [6.45, 7) is 0.708. The number of alkyl halides is 3. The molecule has 1 saturated carbocycles. The number of amides is 2. The first kappa shape index (κ1) is 21.8. The van der Waals surface area contributed by atoms with E-state index in [4.69, 9.17) is 5.73 Å². The van der Waals surface area contributed by atoms with Crippen LogP contribution in [0.5, 0.6) is 5.75 Å². The Labute approximate surface area is 162 Å². The molecule has 2 amide bonds. The minimum Gasteiger partial charge on any atom is -0.406 e. The molecule has 0 unspecified atom stereocenters. The van der Waals surface area contributed by atoms with E-state index in [9.17, 15) is 22.8 Å². The number of halogens is 3. The molecule has 0 bridgehead atoms. The molecule has 1 fully saturated rings. The Bertz CT molecular complexity index is 657. The maximum atomic E-state index is 12.1. The van der Waals surface area contributed by atoms with E-state index in [0.29, 0.717) is 38.0 Å². The van der Waals surface area contributed by atoms with Gasteiger partial charge in [0.1, 0.15) is 5.75 Å². The number of benzene rings is 1. The lowest BCUT2D eigenvalue weighted by atomic mass is 9.70. The molecule has 0 aliphatic heterocycles. The highest BCUT2D eigenvalue weighted by Gasteiger charge is 2.37. The van der Waals surface area contributed by atoms with Crippen molar-refractivity contribution >= 4 is 17.5 Å². The number of anilines is 1. The van der Waals surface area contributed by atoms with Crippen molar-refractivity contribution in [3.63, 3.8) is 0 Å². The highest BCUT2D eigenvalue weighted by atomic mass is 19.4. The van der Waals surface area contributed by atoms with Crippen molar-refractivity contribution in [3.05, 3.63) is 30.7 Å². The summed E-state index contributed by atoms with van der Waals surface area (Å²) < 4.78 is 40.1. The number of carbonyl (C=O) groups excluding carboxylic acids is 2. The van der Waals surface area contributed by atoms with Gasteiger partial charge in [-0.3, -0.25) is 9.59 Å². The standard InChI is InChI=1S/C19H25F3N3O3/c20-19(21,22)28-15-6-4-14(5-7-15)24-12-13-25-16(26)8-11-18(17(23)27)9-2-1-3-10-18/h4-8,24H,1-3,9-13H2,(H2,23,27)(H,25,26).